The molecular weight excluding hydrogens is 213 g/mol. The van der Waals surface area contributed by atoms with Gasteiger partial charge in [-0.05, 0) is 37.0 Å². The normalized spacial score (nSPS) is 21.3. The Morgan fingerprint density at radius 3 is 2.87 bits per heavy atom. The van der Waals surface area contributed by atoms with Crippen molar-refractivity contribution in [2.75, 3.05) is 0 Å². The summed E-state index contributed by atoms with van der Waals surface area (Å²) < 4.78 is 13.6. The second-order valence-electron chi connectivity index (χ2n) is 3.87. The van der Waals surface area contributed by atoms with Crippen LogP contribution in [0.4, 0.5) is 4.39 Å². The standard InChI is InChI=1S/C12H13ClFN/c13-9-4-5-11(12(14)7-9)8-2-1-3-10(15)6-8/h4-7,10H,1-3,15H2. The summed E-state index contributed by atoms with van der Waals surface area (Å²) in [6, 6.07) is 4.84. The summed E-state index contributed by atoms with van der Waals surface area (Å²) in [7, 11) is 0. The molecule has 0 aromatic heterocycles. The molecule has 1 aliphatic carbocycles. The Balaban J connectivity index is 2.37. The summed E-state index contributed by atoms with van der Waals surface area (Å²) in [6.07, 6.45) is 4.86. The zero-order chi connectivity index (χ0) is 10.8. The number of halogens is 2. The van der Waals surface area contributed by atoms with Crippen LogP contribution in [0.3, 0.4) is 0 Å². The summed E-state index contributed by atoms with van der Waals surface area (Å²) in [5, 5.41) is 0.428. The number of rotatable bonds is 1. The van der Waals surface area contributed by atoms with Crippen molar-refractivity contribution in [1.82, 2.24) is 0 Å². The molecule has 1 aromatic rings. The van der Waals surface area contributed by atoms with Gasteiger partial charge in [-0.15, -0.1) is 0 Å². The zero-order valence-corrected chi connectivity index (χ0v) is 9.10. The summed E-state index contributed by atoms with van der Waals surface area (Å²) in [5.41, 5.74) is 7.45. The fourth-order valence-electron chi connectivity index (χ4n) is 1.93. The quantitative estimate of drug-likeness (QED) is 0.779. The van der Waals surface area contributed by atoms with Crippen molar-refractivity contribution in [2.45, 2.75) is 25.3 Å². The van der Waals surface area contributed by atoms with Gasteiger partial charge in [-0.3, -0.25) is 0 Å². The fraction of sp³-hybridized carbons (Fsp3) is 0.333. The number of hydrogen-bond acceptors (Lipinski definition) is 1. The molecule has 0 amide bonds. The van der Waals surface area contributed by atoms with Crippen LogP contribution < -0.4 is 5.73 Å². The second kappa shape index (κ2) is 4.33. The van der Waals surface area contributed by atoms with Crippen LogP contribution in [0.25, 0.3) is 5.57 Å². The minimum Gasteiger partial charge on any atom is -0.324 e. The summed E-state index contributed by atoms with van der Waals surface area (Å²) in [5.74, 6) is -0.261. The third-order valence-electron chi connectivity index (χ3n) is 2.68. The van der Waals surface area contributed by atoms with E-state index in [1.807, 2.05) is 6.08 Å². The van der Waals surface area contributed by atoms with Gasteiger partial charge in [0.05, 0.1) is 0 Å². The molecule has 1 nitrogen and oxygen atoms in total. The van der Waals surface area contributed by atoms with Crippen LogP contribution in [-0.2, 0) is 0 Å². The van der Waals surface area contributed by atoms with E-state index < -0.39 is 0 Å². The van der Waals surface area contributed by atoms with Gasteiger partial charge in [0.25, 0.3) is 0 Å². The van der Waals surface area contributed by atoms with Crippen molar-refractivity contribution in [2.24, 2.45) is 5.73 Å². The smallest absolute Gasteiger partial charge is 0.132 e. The van der Waals surface area contributed by atoms with E-state index >= 15 is 0 Å². The molecule has 1 atom stereocenters. The van der Waals surface area contributed by atoms with Crippen molar-refractivity contribution in [3.63, 3.8) is 0 Å². The van der Waals surface area contributed by atoms with Gasteiger partial charge in [-0.1, -0.05) is 23.7 Å². The van der Waals surface area contributed by atoms with E-state index in [9.17, 15) is 4.39 Å². The van der Waals surface area contributed by atoms with E-state index in [1.54, 1.807) is 12.1 Å². The Hall–Kier alpha value is -0.860. The number of benzene rings is 1. The summed E-state index contributed by atoms with van der Waals surface area (Å²) in [6.45, 7) is 0. The molecule has 2 rings (SSSR count). The molecule has 0 spiro atoms. The molecule has 0 aliphatic heterocycles. The molecule has 80 valence electrons. The molecule has 0 saturated carbocycles. The average Bonchev–Trinajstić information content (AvgIpc) is 2.17. The largest absolute Gasteiger partial charge is 0.324 e. The predicted molar refractivity (Wildman–Crippen MR) is 61.2 cm³/mol. The van der Waals surface area contributed by atoms with E-state index in [4.69, 9.17) is 17.3 Å². The Kier molecular flexibility index (Phi) is 3.08. The van der Waals surface area contributed by atoms with E-state index in [0.29, 0.717) is 10.6 Å². The Bertz CT molecular complexity index is 401. The van der Waals surface area contributed by atoms with E-state index in [1.165, 1.54) is 6.07 Å². The highest BCUT2D eigenvalue weighted by Crippen LogP contribution is 2.29. The first-order valence-electron chi connectivity index (χ1n) is 5.08. The highest BCUT2D eigenvalue weighted by atomic mass is 35.5. The van der Waals surface area contributed by atoms with Crippen molar-refractivity contribution in [3.05, 3.63) is 40.7 Å². The summed E-state index contributed by atoms with van der Waals surface area (Å²) in [4.78, 5) is 0. The molecule has 0 fully saturated rings. The van der Waals surface area contributed by atoms with Crippen LogP contribution in [0.1, 0.15) is 24.8 Å². The van der Waals surface area contributed by atoms with Crippen molar-refractivity contribution in [1.29, 1.82) is 0 Å². The molecule has 0 bridgehead atoms. The van der Waals surface area contributed by atoms with Crippen LogP contribution in [-0.4, -0.2) is 6.04 Å². The molecule has 0 saturated heterocycles. The minimum absolute atomic E-state index is 0.0591. The lowest BCUT2D eigenvalue weighted by Gasteiger charge is -2.18. The third kappa shape index (κ3) is 2.39. The first-order chi connectivity index (χ1) is 7.16. The lowest BCUT2D eigenvalue weighted by atomic mass is 9.91. The van der Waals surface area contributed by atoms with Crippen LogP contribution in [0.2, 0.25) is 5.02 Å². The van der Waals surface area contributed by atoms with Crippen LogP contribution >= 0.6 is 11.6 Å². The minimum atomic E-state index is -0.261. The molecular formula is C12H13ClFN. The Morgan fingerprint density at radius 2 is 2.20 bits per heavy atom. The van der Waals surface area contributed by atoms with Crippen LogP contribution in [0.5, 0.6) is 0 Å². The Labute approximate surface area is 93.7 Å². The fourth-order valence-corrected chi connectivity index (χ4v) is 2.09. The topological polar surface area (TPSA) is 26.0 Å². The van der Waals surface area contributed by atoms with Gasteiger partial charge in [0.1, 0.15) is 5.82 Å². The molecule has 1 aliphatic rings. The van der Waals surface area contributed by atoms with Crippen molar-refractivity contribution >= 4 is 17.2 Å². The predicted octanol–water partition coefficient (Wildman–Crippen LogP) is 3.37. The van der Waals surface area contributed by atoms with E-state index in [0.717, 1.165) is 24.8 Å². The highest BCUT2D eigenvalue weighted by Gasteiger charge is 2.14. The van der Waals surface area contributed by atoms with Gasteiger partial charge < -0.3 is 5.73 Å². The van der Waals surface area contributed by atoms with E-state index in [-0.39, 0.29) is 11.9 Å². The maximum atomic E-state index is 13.6. The van der Waals surface area contributed by atoms with Crippen LogP contribution in [0, 0.1) is 5.82 Å². The average molecular weight is 226 g/mol. The van der Waals surface area contributed by atoms with Crippen LogP contribution in [0.15, 0.2) is 24.3 Å². The molecule has 2 N–H and O–H groups in total. The zero-order valence-electron chi connectivity index (χ0n) is 8.34. The molecule has 0 radical (unpaired) electrons. The van der Waals surface area contributed by atoms with Gasteiger partial charge in [-0.25, -0.2) is 4.39 Å². The maximum absolute atomic E-state index is 13.6. The third-order valence-corrected chi connectivity index (χ3v) is 2.91. The SMILES string of the molecule is NC1C=C(c2ccc(Cl)cc2F)CCC1. The molecule has 1 aromatic carbocycles. The van der Waals surface area contributed by atoms with Crippen molar-refractivity contribution in [3.8, 4) is 0 Å². The van der Waals surface area contributed by atoms with Gasteiger partial charge in [0, 0.05) is 16.6 Å². The maximum Gasteiger partial charge on any atom is 0.132 e. The lowest BCUT2D eigenvalue weighted by Crippen LogP contribution is -2.20. The van der Waals surface area contributed by atoms with Gasteiger partial charge in [-0.2, -0.15) is 0 Å². The molecule has 0 heterocycles. The Morgan fingerprint density at radius 1 is 1.40 bits per heavy atom. The van der Waals surface area contributed by atoms with E-state index in [2.05, 4.69) is 0 Å². The first-order valence-corrected chi connectivity index (χ1v) is 5.46. The second-order valence-corrected chi connectivity index (χ2v) is 4.31. The lowest BCUT2D eigenvalue weighted by molar-refractivity contribution is 0.615. The number of allylic oxidation sites excluding steroid dienone is 1. The summed E-state index contributed by atoms with van der Waals surface area (Å²) >= 11 is 5.70. The molecule has 1 unspecified atom stereocenters. The van der Waals surface area contributed by atoms with Gasteiger partial charge >= 0.3 is 0 Å². The monoisotopic (exact) mass is 225 g/mol. The van der Waals surface area contributed by atoms with Gasteiger partial charge in [0.2, 0.25) is 0 Å². The first kappa shape index (κ1) is 10.7. The van der Waals surface area contributed by atoms with Crippen molar-refractivity contribution < 1.29 is 4.39 Å². The molecule has 15 heavy (non-hydrogen) atoms. The number of nitrogens with two attached hydrogens (primary N) is 1. The number of hydrogen-bond donors (Lipinski definition) is 1. The molecule has 3 heteroatoms. The highest BCUT2D eigenvalue weighted by molar-refractivity contribution is 6.30. The van der Waals surface area contributed by atoms with Gasteiger partial charge in [0.15, 0.2) is 0 Å².